The van der Waals surface area contributed by atoms with E-state index in [4.69, 9.17) is 0 Å². The molecule has 0 saturated carbocycles. The molecule has 4 N–H and O–H groups in total. The average Bonchev–Trinajstić information content (AvgIpc) is 3.02. The van der Waals surface area contributed by atoms with Crippen molar-refractivity contribution in [3.63, 3.8) is 0 Å². The molecule has 0 spiro atoms. The highest BCUT2D eigenvalue weighted by atomic mass is 16.3. The summed E-state index contributed by atoms with van der Waals surface area (Å²) in [6.07, 6.45) is 35.2. The lowest BCUT2D eigenvalue weighted by molar-refractivity contribution is -0.910. The maximum absolute atomic E-state index is 9.46. The van der Waals surface area contributed by atoms with Gasteiger partial charge < -0.3 is 24.9 Å². The van der Waals surface area contributed by atoms with Gasteiger partial charge in [0.25, 0.3) is 0 Å². The van der Waals surface area contributed by atoms with E-state index < -0.39 is 0 Å². The summed E-state index contributed by atoms with van der Waals surface area (Å²) in [6, 6.07) is 0. The first-order valence-corrected chi connectivity index (χ1v) is 19.0. The Kier molecular flexibility index (Phi) is 32.2. The second kappa shape index (κ2) is 32.9. The van der Waals surface area contributed by atoms with E-state index in [0.29, 0.717) is 19.0 Å². The molecule has 0 aliphatic heterocycles. The van der Waals surface area contributed by atoms with Crippen LogP contribution in [0.25, 0.3) is 0 Å². The van der Waals surface area contributed by atoms with Crippen LogP contribution in [-0.2, 0) is 0 Å². The second-order valence-corrected chi connectivity index (χ2v) is 13.4. The first-order chi connectivity index (χ1) is 22.0. The Bertz CT molecular complexity index is 697. The number of likely N-dealkylation sites (N-methyl/N-ethyl adjacent to an activating group) is 1. The summed E-state index contributed by atoms with van der Waals surface area (Å²) in [4.78, 5) is 2.17. The van der Waals surface area contributed by atoms with E-state index in [0.717, 1.165) is 49.9 Å². The number of unbranched alkanes of at least 4 members (excludes halogenated alkanes) is 10. The highest BCUT2D eigenvalue weighted by molar-refractivity contribution is 5.10. The molecule has 266 valence electrons. The predicted molar refractivity (Wildman–Crippen MR) is 194 cm³/mol. The topological polar surface area (TPSA) is 84.2 Å². The maximum atomic E-state index is 9.46. The van der Waals surface area contributed by atoms with E-state index in [9.17, 15) is 20.4 Å². The SMILES string of the molecule is CCCC/C=C/C/C=C(/CCCCCCN(CCO)CCO)C(CC/C=C/CCCC)CCCCCC[N+](C)(CCO)CCO. The lowest BCUT2D eigenvalue weighted by Crippen LogP contribution is -2.48. The van der Waals surface area contributed by atoms with Gasteiger partial charge in [0, 0.05) is 13.1 Å². The minimum Gasteiger partial charge on any atom is -0.395 e. The molecule has 1 unspecified atom stereocenters. The molecule has 0 aromatic heterocycles. The van der Waals surface area contributed by atoms with Crippen LogP contribution < -0.4 is 0 Å². The van der Waals surface area contributed by atoms with E-state index >= 15 is 0 Å². The summed E-state index contributed by atoms with van der Waals surface area (Å²) in [5, 5.41) is 37.5. The number of nitrogens with zero attached hydrogens (tertiary/aromatic N) is 2. The molecule has 0 bridgehead atoms. The van der Waals surface area contributed by atoms with Crippen LogP contribution in [0.1, 0.15) is 136 Å². The molecule has 0 radical (unpaired) electrons. The lowest BCUT2D eigenvalue weighted by atomic mass is 9.85. The van der Waals surface area contributed by atoms with Gasteiger partial charge in [-0.15, -0.1) is 0 Å². The van der Waals surface area contributed by atoms with Crippen LogP contribution in [-0.4, -0.2) is 103 Å². The van der Waals surface area contributed by atoms with Gasteiger partial charge >= 0.3 is 0 Å². The van der Waals surface area contributed by atoms with Crippen molar-refractivity contribution >= 4 is 0 Å². The fourth-order valence-electron chi connectivity index (χ4n) is 6.29. The summed E-state index contributed by atoms with van der Waals surface area (Å²) in [7, 11) is 2.16. The van der Waals surface area contributed by atoms with E-state index in [1.165, 1.54) is 103 Å². The van der Waals surface area contributed by atoms with Crippen LogP contribution in [0.2, 0.25) is 0 Å². The van der Waals surface area contributed by atoms with Gasteiger partial charge in [-0.3, -0.25) is 4.90 Å². The number of allylic oxidation sites excluding steroid dienone is 6. The molecule has 0 aliphatic rings. The zero-order valence-corrected chi connectivity index (χ0v) is 30.2. The quantitative estimate of drug-likeness (QED) is 0.0329. The van der Waals surface area contributed by atoms with Crippen molar-refractivity contribution in [2.24, 2.45) is 5.92 Å². The minimum atomic E-state index is 0.155. The van der Waals surface area contributed by atoms with E-state index in [2.05, 4.69) is 56.2 Å². The van der Waals surface area contributed by atoms with Crippen LogP contribution in [0.5, 0.6) is 0 Å². The summed E-state index contributed by atoms with van der Waals surface area (Å²) < 4.78 is 0.763. The van der Waals surface area contributed by atoms with Crippen molar-refractivity contribution in [2.45, 2.75) is 136 Å². The molecule has 0 fully saturated rings. The maximum Gasteiger partial charge on any atom is 0.102 e. The molecule has 0 aliphatic carbocycles. The zero-order chi connectivity index (χ0) is 33.3. The molecular formula is C39H77N2O4+. The third kappa shape index (κ3) is 26.7. The van der Waals surface area contributed by atoms with Crippen LogP contribution in [0, 0.1) is 5.92 Å². The highest BCUT2D eigenvalue weighted by Crippen LogP contribution is 2.29. The Labute approximate surface area is 279 Å². The number of hydrogen-bond donors (Lipinski definition) is 4. The van der Waals surface area contributed by atoms with E-state index in [-0.39, 0.29) is 26.4 Å². The number of quaternary nitrogens is 1. The molecule has 0 heterocycles. The fraction of sp³-hybridized carbons (Fsp3) is 0.846. The number of hydrogen-bond acceptors (Lipinski definition) is 5. The third-order valence-corrected chi connectivity index (χ3v) is 9.31. The lowest BCUT2D eigenvalue weighted by Gasteiger charge is -2.33. The van der Waals surface area contributed by atoms with Crippen LogP contribution in [0.15, 0.2) is 36.0 Å². The molecule has 45 heavy (non-hydrogen) atoms. The van der Waals surface area contributed by atoms with Gasteiger partial charge in [0.1, 0.15) is 13.1 Å². The molecule has 6 heteroatoms. The molecule has 0 saturated heterocycles. The summed E-state index contributed by atoms with van der Waals surface area (Å²) in [5.41, 5.74) is 1.68. The molecule has 6 nitrogen and oxygen atoms in total. The van der Waals surface area contributed by atoms with E-state index in [1.807, 2.05) is 0 Å². The summed E-state index contributed by atoms with van der Waals surface area (Å²) in [5.74, 6) is 0.652. The van der Waals surface area contributed by atoms with Gasteiger partial charge in [0.05, 0.1) is 40.0 Å². The van der Waals surface area contributed by atoms with Gasteiger partial charge in [-0.25, -0.2) is 0 Å². The van der Waals surface area contributed by atoms with Crippen molar-refractivity contribution in [3.05, 3.63) is 36.0 Å². The highest BCUT2D eigenvalue weighted by Gasteiger charge is 2.19. The average molecular weight is 638 g/mol. The Hall–Kier alpha value is -1.02. The number of rotatable bonds is 34. The zero-order valence-electron chi connectivity index (χ0n) is 30.2. The Balaban J connectivity index is 5.21. The Morgan fingerprint density at radius 3 is 1.78 bits per heavy atom. The normalized spacial score (nSPS) is 13.6. The smallest absolute Gasteiger partial charge is 0.102 e. The molecule has 0 aromatic carbocycles. The first-order valence-electron chi connectivity index (χ1n) is 19.0. The van der Waals surface area contributed by atoms with Crippen molar-refractivity contribution in [1.29, 1.82) is 0 Å². The van der Waals surface area contributed by atoms with Crippen molar-refractivity contribution < 1.29 is 24.9 Å². The second-order valence-electron chi connectivity index (χ2n) is 13.4. The Morgan fingerprint density at radius 1 is 0.578 bits per heavy atom. The van der Waals surface area contributed by atoms with Crippen LogP contribution in [0.3, 0.4) is 0 Å². The first kappa shape index (κ1) is 44.0. The molecule has 0 aromatic rings. The number of aliphatic hydroxyl groups is 4. The van der Waals surface area contributed by atoms with Crippen molar-refractivity contribution in [3.8, 4) is 0 Å². The molecule has 0 amide bonds. The van der Waals surface area contributed by atoms with Gasteiger partial charge in [-0.05, 0) is 83.1 Å². The van der Waals surface area contributed by atoms with E-state index in [1.54, 1.807) is 5.57 Å². The van der Waals surface area contributed by atoms with Crippen molar-refractivity contribution in [1.82, 2.24) is 4.90 Å². The molecule has 1 atom stereocenters. The number of aliphatic hydroxyl groups excluding tert-OH is 4. The van der Waals surface area contributed by atoms with Gasteiger partial charge in [-0.2, -0.15) is 0 Å². The molecule has 0 rings (SSSR count). The molecular weight excluding hydrogens is 560 g/mol. The minimum absolute atomic E-state index is 0.155. The summed E-state index contributed by atoms with van der Waals surface area (Å²) >= 11 is 0. The van der Waals surface area contributed by atoms with Gasteiger partial charge in [-0.1, -0.05) is 101 Å². The fourth-order valence-corrected chi connectivity index (χ4v) is 6.29. The standard InChI is InChI=1S/C39H77N2O4/c1-4-6-8-10-12-18-24-38(26-20-14-16-22-28-40(29-34-42)30-35-43)39(25-19-13-11-9-7-5-2)27-21-15-17-23-31-41(3,32-36-44)33-37-45/h10-13,24,39,42-45H,4-9,14-23,25-37H2,1-3H3/q+1/b12-10+,13-11+,38-24-. The van der Waals surface area contributed by atoms with Crippen LogP contribution in [0.4, 0.5) is 0 Å². The van der Waals surface area contributed by atoms with Gasteiger partial charge in [0.2, 0.25) is 0 Å². The van der Waals surface area contributed by atoms with Gasteiger partial charge in [0.15, 0.2) is 0 Å². The van der Waals surface area contributed by atoms with Crippen LogP contribution >= 0.6 is 0 Å². The summed E-state index contributed by atoms with van der Waals surface area (Å²) in [6.45, 7) is 9.91. The third-order valence-electron chi connectivity index (χ3n) is 9.31. The Morgan fingerprint density at radius 2 is 1.16 bits per heavy atom. The van der Waals surface area contributed by atoms with Crippen molar-refractivity contribution in [2.75, 3.05) is 72.7 Å². The monoisotopic (exact) mass is 638 g/mol. The predicted octanol–water partition coefficient (Wildman–Crippen LogP) is 7.81. The largest absolute Gasteiger partial charge is 0.395 e.